The van der Waals surface area contributed by atoms with Gasteiger partial charge in [-0.1, -0.05) is 6.07 Å². The summed E-state index contributed by atoms with van der Waals surface area (Å²) in [6, 6.07) is 6.89. The van der Waals surface area contributed by atoms with Crippen molar-refractivity contribution >= 4 is 11.4 Å². The quantitative estimate of drug-likeness (QED) is 0.609. The van der Waals surface area contributed by atoms with Crippen LogP contribution in [0, 0.1) is 10.1 Å². The number of nitrogens with one attached hydrogen (secondary N) is 1. The Bertz CT molecular complexity index is 380. The van der Waals surface area contributed by atoms with E-state index in [4.69, 9.17) is 0 Å². The third-order valence-electron chi connectivity index (χ3n) is 2.48. The summed E-state index contributed by atoms with van der Waals surface area (Å²) in [5.41, 5.74) is 0.917. The monoisotopic (exact) mass is 237 g/mol. The van der Waals surface area contributed by atoms with Crippen LogP contribution in [0.5, 0.6) is 0 Å². The molecule has 5 nitrogen and oxygen atoms in total. The van der Waals surface area contributed by atoms with Gasteiger partial charge < -0.3 is 10.2 Å². The van der Waals surface area contributed by atoms with Crippen molar-refractivity contribution in [2.24, 2.45) is 0 Å². The van der Waals surface area contributed by atoms with Crippen LogP contribution in [0.3, 0.4) is 0 Å². The number of hydrogen-bond acceptors (Lipinski definition) is 4. The minimum atomic E-state index is -0.379. The van der Waals surface area contributed by atoms with Crippen molar-refractivity contribution < 1.29 is 4.92 Å². The zero-order valence-electron chi connectivity index (χ0n) is 10.5. The Morgan fingerprint density at radius 1 is 1.47 bits per heavy atom. The molecule has 94 valence electrons. The first-order valence-corrected chi connectivity index (χ1v) is 5.65. The van der Waals surface area contributed by atoms with E-state index >= 15 is 0 Å². The third kappa shape index (κ3) is 4.82. The SMILES string of the molecule is CC(CCN(C)C)Nc1cccc([N+](=O)[O-])c1. The minimum Gasteiger partial charge on any atom is -0.382 e. The van der Waals surface area contributed by atoms with Crippen LogP contribution >= 0.6 is 0 Å². The number of hydrogen-bond donors (Lipinski definition) is 1. The molecule has 1 atom stereocenters. The summed E-state index contributed by atoms with van der Waals surface area (Å²) in [5.74, 6) is 0. The molecule has 1 N–H and O–H groups in total. The second kappa shape index (κ2) is 6.20. The van der Waals surface area contributed by atoms with Gasteiger partial charge in [-0.05, 0) is 40.1 Å². The second-order valence-electron chi connectivity index (χ2n) is 4.44. The maximum absolute atomic E-state index is 10.6. The van der Waals surface area contributed by atoms with E-state index in [0.717, 1.165) is 18.7 Å². The van der Waals surface area contributed by atoms with Crippen molar-refractivity contribution in [2.75, 3.05) is 26.0 Å². The Labute approximate surface area is 102 Å². The molecule has 1 aromatic carbocycles. The fraction of sp³-hybridized carbons (Fsp3) is 0.500. The molecule has 0 fully saturated rings. The first-order valence-electron chi connectivity index (χ1n) is 5.65. The van der Waals surface area contributed by atoms with E-state index in [1.54, 1.807) is 12.1 Å². The standard InChI is InChI=1S/C12H19N3O2/c1-10(7-8-14(2)3)13-11-5-4-6-12(9-11)15(16)17/h4-6,9-10,13H,7-8H2,1-3H3. The molecule has 0 saturated heterocycles. The van der Waals surface area contributed by atoms with Crippen LogP contribution in [-0.4, -0.2) is 36.5 Å². The predicted molar refractivity (Wildman–Crippen MR) is 69.4 cm³/mol. The second-order valence-corrected chi connectivity index (χ2v) is 4.44. The van der Waals surface area contributed by atoms with Gasteiger partial charge in [-0.15, -0.1) is 0 Å². The van der Waals surface area contributed by atoms with E-state index in [9.17, 15) is 10.1 Å². The molecule has 0 radical (unpaired) electrons. The summed E-state index contributed by atoms with van der Waals surface area (Å²) >= 11 is 0. The summed E-state index contributed by atoms with van der Waals surface area (Å²) in [4.78, 5) is 12.4. The lowest BCUT2D eigenvalue weighted by Gasteiger charge is -2.17. The molecule has 0 bridgehead atoms. The number of nitro benzene ring substituents is 1. The number of nitrogens with zero attached hydrogens (tertiary/aromatic N) is 2. The largest absolute Gasteiger partial charge is 0.382 e. The van der Waals surface area contributed by atoms with Gasteiger partial charge in [-0.2, -0.15) is 0 Å². The molecule has 0 amide bonds. The van der Waals surface area contributed by atoms with Gasteiger partial charge in [0.15, 0.2) is 0 Å². The molecular weight excluding hydrogens is 218 g/mol. The van der Waals surface area contributed by atoms with Crippen LogP contribution in [0.1, 0.15) is 13.3 Å². The van der Waals surface area contributed by atoms with Gasteiger partial charge in [0.25, 0.3) is 5.69 Å². The predicted octanol–water partition coefficient (Wildman–Crippen LogP) is 2.35. The number of nitro groups is 1. The molecule has 0 spiro atoms. The van der Waals surface area contributed by atoms with Gasteiger partial charge in [0.1, 0.15) is 0 Å². The number of anilines is 1. The Morgan fingerprint density at radius 3 is 2.76 bits per heavy atom. The fourth-order valence-electron chi connectivity index (χ4n) is 1.52. The Balaban J connectivity index is 2.56. The lowest BCUT2D eigenvalue weighted by atomic mass is 10.2. The van der Waals surface area contributed by atoms with Crippen LogP contribution in [0.15, 0.2) is 24.3 Å². The molecular formula is C12H19N3O2. The van der Waals surface area contributed by atoms with E-state index in [2.05, 4.69) is 17.1 Å². The lowest BCUT2D eigenvalue weighted by Crippen LogP contribution is -2.22. The first kappa shape index (κ1) is 13.4. The minimum absolute atomic E-state index is 0.120. The van der Waals surface area contributed by atoms with Crippen LogP contribution in [0.4, 0.5) is 11.4 Å². The van der Waals surface area contributed by atoms with E-state index in [-0.39, 0.29) is 10.6 Å². The fourth-order valence-corrected chi connectivity index (χ4v) is 1.52. The zero-order chi connectivity index (χ0) is 12.8. The van der Waals surface area contributed by atoms with Gasteiger partial charge in [0, 0.05) is 23.9 Å². The van der Waals surface area contributed by atoms with Crippen LogP contribution in [0.25, 0.3) is 0 Å². The van der Waals surface area contributed by atoms with Crippen LogP contribution < -0.4 is 5.32 Å². The van der Waals surface area contributed by atoms with Gasteiger partial charge in [-0.25, -0.2) is 0 Å². The van der Waals surface area contributed by atoms with Gasteiger partial charge in [-0.3, -0.25) is 10.1 Å². The molecule has 1 rings (SSSR count). The van der Waals surface area contributed by atoms with Crippen molar-refractivity contribution in [3.8, 4) is 0 Å². The summed E-state index contributed by atoms with van der Waals surface area (Å²) in [6.07, 6.45) is 0.996. The van der Waals surface area contributed by atoms with Crippen LogP contribution in [-0.2, 0) is 0 Å². The van der Waals surface area contributed by atoms with Crippen molar-refractivity contribution in [3.63, 3.8) is 0 Å². The summed E-state index contributed by atoms with van der Waals surface area (Å²) in [5, 5.41) is 13.9. The molecule has 0 saturated carbocycles. The highest BCUT2D eigenvalue weighted by molar-refractivity contribution is 5.51. The van der Waals surface area contributed by atoms with Gasteiger partial charge >= 0.3 is 0 Å². The molecule has 1 aromatic rings. The topological polar surface area (TPSA) is 58.4 Å². The Kier molecular flexibility index (Phi) is 4.90. The first-order chi connectivity index (χ1) is 7.99. The normalized spacial score (nSPS) is 12.5. The number of non-ortho nitro benzene ring substituents is 1. The van der Waals surface area contributed by atoms with Crippen molar-refractivity contribution in [2.45, 2.75) is 19.4 Å². The number of benzene rings is 1. The van der Waals surface area contributed by atoms with Gasteiger partial charge in [0.05, 0.1) is 4.92 Å². The molecule has 17 heavy (non-hydrogen) atoms. The zero-order valence-corrected chi connectivity index (χ0v) is 10.5. The molecule has 5 heteroatoms. The summed E-state index contributed by atoms with van der Waals surface area (Å²) in [6.45, 7) is 3.06. The van der Waals surface area contributed by atoms with Gasteiger partial charge in [0.2, 0.25) is 0 Å². The average molecular weight is 237 g/mol. The number of rotatable bonds is 6. The molecule has 0 aliphatic rings. The van der Waals surface area contributed by atoms with E-state index in [1.165, 1.54) is 6.07 Å². The highest BCUT2D eigenvalue weighted by Gasteiger charge is 2.07. The van der Waals surface area contributed by atoms with Crippen molar-refractivity contribution in [3.05, 3.63) is 34.4 Å². The average Bonchev–Trinajstić information content (AvgIpc) is 2.26. The Morgan fingerprint density at radius 2 is 2.18 bits per heavy atom. The van der Waals surface area contributed by atoms with E-state index in [1.807, 2.05) is 20.2 Å². The van der Waals surface area contributed by atoms with E-state index in [0.29, 0.717) is 6.04 Å². The van der Waals surface area contributed by atoms with Crippen molar-refractivity contribution in [1.29, 1.82) is 0 Å². The highest BCUT2D eigenvalue weighted by Crippen LogP contribution is 2.18. The molecule has 0 aromatic heterocycles. The molecule has 0 aliphatic heterocycles. The molecule has 0 heterocycles. The van der Waals surface area contributed by atoms with E-state index < -0.39 is 0 Å². The molecule has 0 aliphatic carbocycles. The maximum Gasteiger partial charge on any atom is 0.271 e. The smallest absolute Gasteiger partial charge is 0.271 e. The van der Waals surface area contributed by atoms with Crippen molar-refractivity contribution in [1.82, 2.24) is 4.90 Å². The molecule has 1 unspecified atom stereocenters. The third-order valence-corrected chi connectivity index (χ3v) is 2.48. The highest BCUT2D eigenvalue weighted by atomic mass is 16.6. The lowest BCUT2D eigenvalue weighted by molar-refractivity contribution is -0.384. The summed E-state index contributed by atoms with van der Waals surface area (Å²) < 4.78 is 0. The summed E-state index contributed by atoms with van der Waals surface area (Å²) in [7, 11) is 4.06. The Hall–Kier alpha value is -1.62. The van der Waals surface area contributed by atoms with Crippen LogP contribution in [0.2, 0.25) is 0 Å². The maximum atomic E-state index is 10.6.